The average molecular weight is 895 g/mol. The van der Waals surface area contributed by atoms with Crippen molar-refractivity contribution in [2.75, 3.05) is 48.8 Å². The molecule has 0 spiro atoms. The topological polar surface area (TPSA) is 169 Å². The van der Waals surface area contributed by atoms with Gasteiger partial charge >= 0.3 is 5.97 Å². The Balaban J connectivity index is 0.991. The van der Waals surface area contributed by atoms with Gasteiger partial charge in [0.15, 0.2) is 5.13 Å². The van der Waals surface area contributed by atoms with E-state index in [0.717, 1.165) is 52.0 Å². The molecule has 14 nitrogen and oxygen atoms in total. The number of ether oxygens (including phenoxy) is 1. The highest BCUT2D eigenvalue weighted by Gasteiger charge is 2.29. The van der Waals surface area contributed by atoms with Crippen molar-refractivity contribution in [2.24, 2.45) is 17.8 Å². The molecule has 2 N–H and O–H groups in total. The summed E-state index contributed by atoms with van der Waals surface area (Å²) in [6, 6.07) is 17.2. The molecule has 0 unspecified atom stereocenters. The highest BCUT2D eigenvalue weighted by molar-refractivity contribution is 7.90. The summed E-state index contributed by atoms with van der Waals surface area (Å²) in [6.45, 7) is 10.0. The molecule has 2 aliphatic heterocycles. The summed E-state index contributed by atoms with van der Waals surface area (Å²) in [5.41, 5.74) is 5.38. The molecule has 1 aliphatic carbocycles. The molecule has 5 aromatic rings. The third-order valence-corrected chi connectivity index (χ3v) is 14.9. The van der Waals surface area contributed by atoms with Crippen molar-refractivity contribution >= 4 is 60.3 Å². The van der Waals surface area contributed by atoms with E-state index in [-0.39, 0.29) is 35.2 Å². The minimum absolute atomic E-state index is 0.00419. The van der Waals surface area contributed by atoms with E-state index in [4.69, 9.17) is 14.8 Å². The molecule has 0 radical (unpaired) electrons. The first-order valence-electron chi connectivity index (χ1n) is 22.4. The standard InChI is InChI=1S/C47H58N8O6S2/c1-31(2)30-61-46(58)35-19-23-53(24-20-35)22-10-26-63(59,60)52-45(57)43-36(38-27-48-55(32(38)3)28-33-11-5-4-6-12-33)17-18-42(50-43)54-25-21-34-13-9-14-37(39(34)29-54)44(56)51-47-49-40-15-7-8-16-41(40)62-47/h7-9,13-18,27,31,33,35H,4-6,10-12,19-26,28-30H2,1-3H3,(H,52,57)(H,49,51,56). The highest BCUT2D eigenvalue weighted by Crippen LogP contribution is 2.33. The van der Waals surface area contributed by atoms with E-state index in [1.54, 1.807) is 6.20 Å². The third kappa shape index (κ3) is 10.8. The molecule has 2 aromatic carbocycles. The van der Waals surface area contributed by atoms with Crippen LogP contribution in [0.3, 0.4) is 0 Å². The van der Waals surface area contributed by atoms with E-state index in [2.05, 4.69) is 19.9 Å². The van der Waals surface area contributed by atoms with Gasteiger partial charge in [-0.2, -0.15) is 5.10 Å². The number of hydrogen-bond donors (Lipinski definition) is 2. The summed E-state index contributed by atoms with van der Waals surface area (Å²) in [6.07, 6.45) is 10.1. The number of nitrogens with one attached hydrogen (secondary N) is 2. The second kappa shape index (κ2) is 19.7. The van der Waals surface area contributed by atoms with Gasteiger partial charge in [0.05, 0.1) is 34.7 Å². The number of fused-ring (bicyclic) bond motifs is 2. The first kappa shape index (κ1) is 44.4. The van der Waals surface area contributed by atoms with Crippen molar-refractivity contribution in [3.05, 3.63) is 88.9 Å². The van der Waals surface area contributed by atoms with E-state index in [1.807, 2.05) is 85.0 Å². The number of hydrogen-bond acceptors (Lipinski definition) is 12. The number of likely N-dealkylation sites (tertiary alicyclic amines) is 1. The van der Waals surface area contributed by atoms with Gasteiger partial charge in [0.25, 0.3) is 11.8 Å². The van der Waals surface area contributed by atoms with Crippen molar-refractivity contribution in [3.63, 3.8) is 0 Å². The van der Waals surface area contributed by atoms with Crippen molar-refractivity contribution in [3.8, 4) is 11.1 Å². The zero-order valence-electron chi connectivity index (χ0n) is 36.5. The smallest absolute Gasteiger partial charge is 0.309 e. The summed E-state index contributed by atoms with van der Waals surface area (Å²) < 4.78 is 37.9. The number of aromatic nitrogens is 4. The molecule has 2 amide bonds. The van der Waals surface area contributed by atoms with Crippen LogP contribution in [-0.4, -0.2) is 89.4 Å². The number of amides is 2. The van der Waals surface area contributed by atoms with Crippen LogP contribution < -0.4 is 14.9 Å². The fourth-order valence-corrected chi connectivity index (χ4v) is 10.9. The second-order valence-electron chi connectivity index (χ2n) is 17.7. The molecule has 3 aliphatic rings. The number of para-hydroxylation sites is 1. The molecule has 0 bridgehead atoms. The molecule has 1 saturated carbocycles. The summed E-state index contributed by atoms with van der Waals surface area (Å²) >= 11 is 1.42. The molecule has 63 heavy (non-hydrogen) atoms. The van der Waals surface area contributed by atoms with Gasteiger partial charge in [-0.15, -0.1) is 0 Å². The lowest BCUT2D eigenvalue weighted by atomic mass is 9.89. The molecule has 3 aromatic heterocycles. The maximum atomic E-state index is 14.3. The SMILES string of the molecule is Cc1c(-c2ccc(N3CCc4cccc(C(=O)Nc5nc6ccccc6s5)c4C3)nc2C(=O)NS(=O)(=O)CCCN2CCC(C(=O)OCC(C)C)CC2)cnn1CC1CCCCC1. The zero-order valence-corrected chi connectivity index (χ0v) is 38.1. The number of esters is 1. The Hall–Kier alpha value is -5.19. The summed E-state index contributed by atoms with van der Waals surface area (Å²) in [7, 11) is -4.04. The minimum Gasteiger partial charge on any atom is -0.465 e. The number of benzene rings is 2. The Morgan fingerprint density at radius 3 is 2.48 bits per heavy atom. The molecule has 334 valence electrons. The Labute approximate surface area is 373 Å². The van der Waals surface area contributed by atoms with Crippen LogP contribution in [0.2, 0.25) is 0 Å². The number of pyridine rings is 1. The van der Waals surface area contributed by atoms with Gasteiger partial charge in [-0.3, -0.25) is 24.4 Å². The largest absolute Gasteiger partial charge is 0.465 e. The maximum absolute atomic E-state index is 14.3. The van der Waals surface area contributed by atoms with E-state index < -0.39 is 15.9 Å². The minimum atomic E-state index is -4.04. The van der Waals surface area contributed by atoms with Crippen LogP contribution in [0, 0.1) is 24.7 Å². The zero-order chi connectivity index (χ0) is 44.1. The molecular weight excluding hydrogens is 837 g/mol. The molecule has 16 heteroatoms. The predicted octanol–water partition coefficient (Wildman–Crippen LogP) is 7.62. The Kier molecular flexibility index (Phi) is 13.9. The number of anilines is 2. The van der Waals surface area contributed by atoms with Crippen molar-refractivity contribution in [1.82, 2.24) is 29.4 Å². The summed E-state index contributed by atoms with van der Waals surface area (Å²) in [5, 5.41) is 8.26. The number of nitrogens with zero attached hydrogens (tertiary/aromatic N) is 6. The van der Waals surface area contributed by atoms with Crippen molar-refractivity contribution < 1.29 is 27.5 Å². The van der Waals surface area contributed by atoms with Crippen LogP contribution in [-0.2, 0) is 39.1 Å². The number of carbonyl (C=O) groups is 3. The summed E-state index contributed by atoms with van der Waals surface area (Å²) in [5.74, 6) is -0.289. The van der Waals surface area contributed by atoms with Gasteiger partial charge in [0.2, 0.25) is 10.0 Å². The Bertz CT molecular complexity index is 2520. The molecule has 5 heterocycles. The van der Waals surface area contributed by atoms with Gasteiger partial charge in [-0.05, 0) is 118 Å². The Morgan fingerprint density at radius 1 is 0.905 bits per heavy atom. The monoisotopic (exact) mass is 894 g/mol. The molecule has 8 rings (SSSR count). The highest BCUT2D eigenvalue weighted by atomic mass is 32.2. The molecule has 0 atom stereocenters. The first-order chi connectivity index (χ1) is 30.4. The quantitative estimate of drug-likeness (QED) is 0.0993. The molecule has 1 saturated heterocycles. The van der Waals surface area contributed by atoms with Gasteiger partial charge in [-0.1, -0.05) is 68.7 Å². The Morgan fingerprint density at radius 2 is 1.70 bits per heavy atom. The van der Waals surface area contributed by atoms with Crippen LogP contribution in [0.15, 0.2) is 60.8 Å². The van der Waals surface area contributed by atoms with Gasteiger partial charge in [0.1, 0.15) is 11.5 Å². The fourth-order valence-electron chi connectivity index (χ4n) is 9.08. The lowest BCUT2D eigenvalue weighted by molar-refractivity contribution is -0.151. The van der Waals surface area contributed by atoms with Crippen molar-refractivity contribution in [1.29, 1.82) is 0 Å². The summed E-state index contributed by atoms with van der Waals surface area (Å²) in [4.78, 5) is 54.2. The third-order valence-electron chi connectivity index (χ3n) is 12.6. The van der Waals surface area contributed by atoms with E-state index in [9.17, 15) is 22.8 Å². The molecular formula is C47H58N8O6S2. The van der Waals surface area contributed by atoms with Crippen LogP contribution in [0.1, 0.15) is 103 Å². The predicted molar refractivity (Wildman–Crippen MR) is 246 cm³/mol. The number of piperidine rings is 1. The normalized spacial score (nSPS) is 16.6. The number of sulfonamides is 1. The van der Waals surface area contributed by atoms with Gasteiger partial charge in [-0.25, -0.2) is 23.1 Å². The first-order valence-corrected chi connectivity index (χ1v) is 24.9. The number of rotatable bonds is 15. The maximum Gasteiger partial charge on any atom is 0.309 e. The van der Waals surface area contributed by atoms with E-state index in [0.29, 0.717) is 93.0 Å². The lowest BCUT2D eigenvalue weighted by Crippen LogP contribution is -2.39. The van der Waals surface area contributed by atoms with Crippen LogP contribution in [0.4, 0.5) is 10.9 Å². The van der Waals surface area contributed by atoms with E-state index >= 15 is 0 Å². The number of thiazole rings is 1. The number of carbonyl (C=O) groups excluding carboxylic acids is 3. The van der Waals surface area contributed by atoms with Crippen molar-refractivity contribution in [2.45, 2.75) is 91.6 Å². The van der Waals surface area contributed by atoms with Gasteiger partial charge < -0.3 is 14.5 Å². The fraction of sp³-hybridized carbons (Fsp3) is 0.489. The second-order valence-corrected chi connectivity index (χ2v) is 20.6. The molecule has 2 fully saturated rings. The van der Waals surface area contributed by atoms with E-state index in [1.165, 1.54) is 30.6 Å². The average Bonchev–Trinajstić information content (AvgIpc) is 3.86. The lowest BCUT2D eigenvalue weighted by Gasteiger charge is -2.31. The van der Waals surface area contributed by atoms with Gasteiger partial charge in [0, 0.05) is 42.0 Å². The van der Waals surface area contributed by atoms with Crippen LogP contribution in [0.5, 0.6) is 0 Å². The van der Waals surface area contributed by atoms with Crippen LogP contribution in [0.25, 0.3) is 21.3 Å². The van der Waals surface area contributed by atoms with Crippen LogP contribution >= 0.6 is 11.3 Å².